The molecule has 0 heterocycles. The first-order valence-electron chi connectivity index (χ1n) is 1.02. The maximum absolute atomic E-state index is 9.68. The molecule has 6 heavy (non-hydrogen) atoms. The van der Waals surface area contributed by atoms with Gasteiger partial charge in [-0.1, -0.05) is 25.6 Å². The molecule has 0 bridgehead atoms. The quantitative estimate of drug-likeness (QED) is 0.298. The minimum Gasteiger partial charge on any atom is -0.253 e. The van der Waals surface area contributed by atoms with Crippen LogP contribution in [0.3, 0.4) is 0 Å². The zero-order chi connectivity index (χ0) is 5.15. The highest BCUT2D eigenvalue weighted by atomic mass is 35.5. The summed E-state index contributed by atoms with van der Waals surface area (Å²) in [4.78, 5) is 9.68. The van der Waals surface area contributed by atoms with Crippen LogP contribution in [0.4, 0.5) is 4.79 Å². The van der Waals surface area contributed by atoms with Gasteiger partial charge in [0, 0.05) is 0 Å². The second kappa shape index (κ2) is 2.60. The van der Waals surface area contributed by atoms with Gasteiger partial charge in [-0.3, -0.25) is 4.79 Å². The van der Waals surface area contributed by atoms with Gasteiger partial charge in [0.25, 0.3) is 0 Å². The number of nitrogens with zero attached hydrogens (tertiary/aromatic N) is 1. The van der Waals surface area contributed by atoms with Crippen molar-refractivity contribution in [1.29, 1.82) is 0 Å². The van der Waals surface area contributed by atoms with Crippen molar-refractivity contribution in [3.63, 3.8) is 0 Å². The molecule has 0 aliphatic rings. The van der Waals surface area contributed by atoms with Gasteiger partial charge < -0.3 is 0 Å². The van der Waals surface area contributed by atoms with Gasteiger partial charge in [-0.2, -0.15) is 0 Å². The number of carbonyl (C=O) groups is 1. The van der Waals surface area contributed by atoms with Gasteiger partial charge in [-0.25, -0.2) is 3.71 Å². The van der Waals surface area contributed by atoms with E-state index in [9.17, 15) is 4.79 Å². The Labute approximate surface area is 51.5 Å². The molecule has 0 aliphatic heterocycles. The zero-order valence-corrected chi connectivity index (χ0v) is 5.17. The Morgan fingerprint density at radius 2 is 1.83 bits per heavy atom. The van der Waals surface area contributed by atoms with Gasteiger partial charge >= 0.3 is 5.37 Å². The third-order valence-corrected chi connectivity index (χ3v) is 0.925. The van der Waals surface area contributed by atoms with Crippen molar-refractivity contribution >= 4 is 42.6 Å². The van der Waals surface area contributed by atoms with Crippen LogP contribution < -0.4 is 0 Å². The van der Waals surface area contributed by atoms with E-state index in [4.69, 9.17) is 11.6 Å². The summed E-state index contributed by atoms with van der Waals surface area (Å²) in [5.74, 6) is 0. The second-order valence-corrected chi connectivity index (χ2v) is 1.98. The van der Waals surface area contributed by atoms with Crippen LogP contribution in [0.25, 0.3) is 0 Å². The topological polar surface area (TPSA) is 20.3 Å². The molecule has 0 saturated heterocycles. The van der Waals surface area contributed by atoms with Crippen molar-refractivity contribution in [2.75, 3.05) is 0 Å². The molecule has 0 spiro atoms. The molecule has 1 amide bonds. The van der Waals surface area contributed by atoms with Gasteiger partial charge in [0.05, 0.1) is 0 Å². The summed E-state index contributed by atoms with van der Waals surface area (Å²) in [7, 11) is 0. The Balaban J connectivity index is 3.26. The van der Waals surface area contributed by atoms with Crippen molar-refractivity contribution in [3.8, 4) is 0 Å². The van der Waals surface area contributed by atoms with Crippen LogP contribution in [0.1, 0.15) is 0 Å². The molecule has 0 aromatic carbocycles. The fraction of sp³-hybridized carbons (Fsp3) is 0. The maximum Gasteiger partial charge on any atom is 0.336 e. The number of carbonyl (C=O) groups excluding carboxylic acids is 1. The molecule has 0 aliphatic carbocycles. The van der Waals surface area contributed by atoms with Gasteiger partial charge in [0.2, 0.25) is 0 Å². The molecule has 2 nitrogen and oxygen atoms in total. The van der Waals surface area contributed by atoms with E-state index in [1.54, 1.807) is 0 Å². The fourth-order valence-electron chi connectivity index (χ4n) is 0. The van der Waals surface area contributed by atoms with Crippen LogP contribution in [0.5, 0.6) is 0 Å². The van der Waals surface area contributed by atoms with E-state index in [0.29, 0.717) is 3.71 Å². The summed E-state index contributed by atoms with van der Waals surface area (Å²) >= 11 is 11.6. The van der Waals surface area contributed by atoms with Crippen LogP contribution in [0.2, 0.25) is 0 Å². The largest absolute Gasteiger partial charge is 0.336 e. The predicted octanol–water partition coefficient (Wildman–Crippen LogP) is 1.34. The average Bonchev–Trinajstić information content (AvgIpc) is 1.36. The number of rotatable bonds is 0. The monoisotopic (exact) mass is 143 g/mol. The number of halogens is 1. The van der Waals surface area contributed by atoms with E-state index in [0.717, 1.165) is 0 Å². The van der Waals surface area contributed by atoms with Crippen LogP contribution in [0, 0.1) is 0 Å². The molecule has 0 saturated carbocycles. The molecule has 0 fully saturated rings. The van der Waals surface area contributed by atoms with Crippen molar-refractivity contribution in [2.45, 2.75) is 0 Å². The van der Waals surface area contributed by atoms with Crippen LogP contribution in [-0.2, 0) is 0 Å². The Hall–Kier alpha value is 0.460. The molecule has 0 unspecified atom stereocenters. The Bertz CT molecular complexity index is 64.6. The lowest BCUT2D eigenvalue weighted by Crippen LogP contribution is -1.97. The highest BCUT2D eigenvalue weighted by molar-refractivity contribution is 7.94. The van der Waals surface area contributed by atoms with Gasteiger partial charge in [-0.05, 0) is 11.6 Å². The highest BCUT2D eigenvalue weighted by Crippen LogP contribution is 2.00. The highest BCUT2D eigenvalue weighted by Gasteiger charge is 1.94. The normalized spacial score (nSPS) is 7.83. The van der Waals surface area contributed by atoms with Crippen molar-refractivity contribution in [2.24, 2.45) is 0 Å². The molecule has 0 atom stereocenters. The SMILES string of the molecule is O=C(Cl)N(S)S. The van der Waals surface area contributed by atoms with Crippen molar-refractivity contribution in [3.05, 3.63) is 0 Å². The van der Waals surface area contributed by atoms with Gasteiger partial charge in [0.15, 0.2) is 0 Å². The average molecular weight is 144 g/mol. The number of thiol groups is 2. The minimum absolute atomic E-state index is 0.682. The van der Waals surface area contributed by atoms with Crippen molar-refractivity contribution < 1.29 is 4.79 Å². The first kappa shape index (κ1) is 6.46. The summed E-state index contributed by atoms with van der Waals surface area (Å²) in [5.41, 5.74) is 0. The fourth-order valence-corrected chi connectivity index (χ4v) is 0. The summed E-state index contributed by atoms with van der Waals surface area (Å²) in [6.45, 7) is 0. The molecule has 5 heteroatoms. The third kappa shape index (κ3) is 2.68. The van der Waals surface area contributed by atoms with E-state index in [1.165, 1.54) is 0 Å². The first-order chi connectivity index (χ1) is 2.64. The summed E-state index contributed by atoms with van der Waals surface area (Å²) < 4.78 is 0.682. The maximum atomic E-state index is 9.68. The number of amides is 1. The van der Waals surface area contributed by atoms with Crippen LogP contribution in [-0.4, -0.2) is 9.08 Å². The summed E-state index contributed by atoms with van der Waals surface area (Å²) in [6, 6.07) is 0. The lowest BCUT2D eigenvalue weighted by molar-refractivity contribution is 0.258. The Morgan fingerprint density at radius 3 is 1.83 bits per heavy atom. The summed E-state index contributed by atoms with van der Waals surface area (Å²) in [6.07, 6.45) is 0. The smallest absolute Gasteiger partial charge is 0.253 e. The molecule has 36 valence electrons. The van der Waals surface area contributed by atoms with E-state index >= 15 is 0 Å². The number of hydrogen-bond donors (Lipinski definition) is 2. The van der Waals surface area contributed by atoms with Crippen molar-refractivity contribution in [1.82, 2.24) is 3.71 Å². The lowest BCUT2D eigenvalue weighted by atomic mass is 11.5. The molecule has 0 rings (SSSR count). The standard InChI is InChI=1S/CH2ClNOS2/c2-1(4)3(5)6/h5-6H. The van der Waals surface area contributed by atoms with Crippen LogP contribution >= 0.6 is 37.2 Å². The van der Waals surface area contributed by atoms with Gasteiger partial charge in [0.1, 0.15) is 0 Å². The molecular weight excluding hydrogens is 142 g/mol. The molecular formula is CH2ClNOS2. The predicted molar refractivity (Wildman–Crippen MR) is 31.1 cm³/mol. The van der Waals surface area contributed by atoms with Gasteiger partial charge in [-0.15, -0.1) is 0 Å². The second-order valence-electron chi connectivity index (χ2n) is 0.542. The van der Waals surface area contributed by atoms with E-state index < -0.39 is 5.37 Å². The molecule has 0 aromatic heterocycles. The van der Waals surface area contributed by atoms with E-state index in [2.05, 4.69) is 25.6 Å². The van der Waals surface area contributed by atoms with Crippen LogP contribution in [0.15, 0.2) is 0 Å². The summed E-state index contributed by atoms with van der Waals surface area (Å²) in [5, 5.41) is -0.707. The zero-order valence-electron chi connectivity index (χ0n) is 2.63. The molecule has 0 aromatic rings. The van der Waals surface area contributed by atoms with E-state index in [1.807, 2.05) is 0 Å². The number of hydrogen-bond acceptors (Lipinski definition) is 3. The Kier molecular flexibility index (Phi) is 2.80. The Morgan fingerprint density at radius 1 is 1.67 bits per heavy atom. The molecule has 0 radical (unpaired) electrons. The third-order valence-electron chi connectivity index (χ3n) is 0.157. The lowest BCUT2D eigenvalue weighted by Gasteiger charge is -1.95. The molecule has 0 N–H and O–H groups in total. The minimum atomic E-state index is -0.707. The first-order valence-corrected chi connectivity index (χ1v) is 2.19. The van der Waals surface area contributed by atoms with E-state index in [-0.39, 0.29) is 0 Å².